The van der Waals surface area contributed by atoms with Crippen LogP contribution in [0, 0.1) is 5.92 Å². The molecular formula is C22H25F3N4O. The zero-order valence-corrected chi connectivity index (χ0v) is 16.7. The summed E-state index contributed by atoms with van der Waals surface area (Å²) in [4.78, 5) is 20.8. The van der Waals surface area contributed by atoms with Crippen molar-refractivity contribution in [2.75, 3.05) is 13.1 Å². The number of aromatic amines is 1. The Bertz CT molecular complexity index is 982. The van der Waals surface area contributed by atoms with E-state index in [2.05, 4.69) is 26.8 Å². The Morgan fingerprint density at radius 1 is 1.13 bits per heavy atom. The number of alkyl halides is 3. The van der Waals surface area contributed by atoms with E-state index in [0.717, 1.165) is 50.9 Å². The Balaban J connectivity index is 1.20. The third kappa shape index (κ3) is 4.52. The molecule has 1 amide bonds. The van der Waals surface area contributed by atoms with E-state index < -0.39 is 11.9 Å². The van der Waals surface area contributed by atoms with Gasteiger partial charge in [-0.3, -0.25) is 9.78 Å². The lowest BCUT2D eigenvalue weighted by molar-refractivity contribution is -0.141. The van der Waals surface area contributed by atoms with E-state index in [1.54, 1.807) is 4.90 Å². The number of nitrogens with one attached hydrogen (secondary N) is 1. The minimum Gasteiger partial charge on any atom is -0.365 e. The lowest BCUT2D eigenvalue weighted by atomic mass is 9.91. The van der Waals surface area contributed by atoms with Crippen molar-refractivity contribution in [3.05, 3.63) is 54.2 Å². The molecule has 0 aliphatic carbocycles. The van der Waals surface area contributed by atoms with Gasteiger partial charge in [0, 0.05) is 49.8 Å². The fraction of sp³-hybridized carbons (Fsp3) is 0.455. The summed E-state index contributed by atoms with van der Waals surface area (Å²) in [5.74, 6) is 0.356. The van der Waals surface area contributed by atoms with Gasteiger partial charge >= 0.3 is 6.18 Å². The molecule has 8 heteroatoms. The first-order valence-electron chi connectivity index (χ1n) is 10.4. The van der Waals surface area contributed by atoms with Crippen molar-refractivity contribution in [2.24, 2.45) is 5.92 Å². The Morgan fingerprint density at radius 3 is 2.63 bits per heavy atom. The summed E-state index contributed by atoms with van der Waals surface area (Å²) in [6, 6.07) is 4.20. The fourth-order valence-electron chi connectivity index (χ4n) is 4.21. The van der Waals surface area contributed by atoms with E-state index in [1.807, 2.05) is 12.4 Å². The van der Waals surface area contributed by atoms with Crippen LogP contribution in [-0.2, 0) is 12.7 Å². The molecule has 0 unspecified atom stereocenters. The lowest BCUT2D eigenvalue weighted by Gasteiger charge is -2.32. The molecule has 1 aliphatic heterocycles. The number of rotatable bonds is 6. The summed E-state index contributed by atoms with van der Waals surface area (Å²) in [5, 5.41) is 1.23. The average Bonchev–Trinajstić information content (AvgIpc) is 3.35. The molecule has 0 bridgehead atoms. The quantitative estimate of drug-likeness (QED) is 0.566. The van der Waals surface area contributed by atoms with Gasteiger partial charge in [0.15, 0.2) is 0 Å². The molecule has 5 nitrogen and oxygen atoms in total. The number of halogens is 3. The van der Waals surface area contributed by atoms with E-state index in [0.29, 0.717) is 19.0 Å². The van der Waals surface area contributed by atoms with E-state index in [1.165, 1.54) is 17.0 Å². The van der Waals surface area contributed by atoms with Crippen molar-refractivity contribution < 1.29 is 18.0 Å². The van der Waals surface area contributed by atoms with Crippen LogP contribution in [0.3, 0.4) is 0 Å². The summed E-state index contributed by atoms with van der Waals surface area (Å²) in [6.07, 6.45) is 7.96. The van der Waals surface area contributed by atoms with Crippen molar-refractivity contribution in [3.63, 3.8) is 0 Å². The van der Waals surface area contributed by atoms with Gasteiger partial charge in [0.1, 0.15) is 5.69 Å². The van der Waals surface area contributed by atoms with Gasteiger partial charge < -0.3 is 14.5 Å². The van der Waals surface area contributed by atoms with Crippen LogP contribution in [0.5, 0.6) is 0 Å². The maximum Gasteiger partial charge on any atom is 0.433 e. The molecule has 1 saturated heterocycles. The summed E-state index contributed by atoms with van der Waals surface area (Å²) in [5.41, 5.74) is 0.471. The topological polar surface area (TPSA) is 53.9 Å². The second-order valence-corrected chi connectivity index (χ2v) is 7.97. The first-order chi connectivity index (χ1) is 14.4. The number of carbonyl (C=O) groups is 1. The number of amides is 1. The number of H-pyrrole nitrogens is 1. The largest absolute Gasteiger partial charge is 0.433 e. The number of fused-ring (bicyclic) bond motifs is 1. The zero-order chi connectivity index (χ0) is 21.1. The van der Waals surface area contributed by atoms with Gasteiger partial charge in [-0.2, -0.15) is 13.2 Å². The molecule has 0 spiro atoms. The molecule has 3 aromatic rings. The summed E-state index contributed by atoms with van der Waals surface area (Å²) >= 11 is 0. The van der Waals surface area contributed by atoms with E-state index >= 15 is 0 Å². The van der Waals surface area contributed by atoms with Crippen LogP contribution in [0.1, 0.15) is 48.2 Å². The highest BCUT2D eigenvalue weighted by Crippen LogP contribution is 2.28. The van der Waals surface area contributed by atoms with Gasteiger partial charge in [0.25, 0.3) is 5.91 Å². The molecule has 30 heavy (non-hydrogen) atoms. The van der Waals surface area contributed by atoms with Gasteiger partial charge in [-0.25, -0.2) is 0 Å². The van der Waals surface area contributed by atoms with Crippen molar-refractivity contribution in [1.29, 1.82) is 0 Å². The van der Waals surface area contributed by atoms with Gasteiger partial charge in [-0.05, 0) is 43.4 Å². The molecule has 1 fully saturated rings. The van der Waals surface area contributed by atoms with Crippen molar-refractivity contribution in [1.82, 2.24) is 19.4 Å². The first kappa shape index (κ1) is 20.5. The zero-order valence-electron chi connectivity index (χ0n) is 16.7. The highest BCUT2D eigenvalue weighted by molar-refractivity contribution is 5.94. The highest BCUT2D eigenvalue weighted by Gasteiger charge is 2.32. The van der Waals surface area contributed by atoms with Crippen LogP contribution < -0.4 is 0 Å². The van der Waals surface area contributed by atoms with Gasteiger partial charge in [0.2, 0.25) is 0 Å². The predicted molar refractivity (Wildman–Crippen MR) is 108 cm³/mol. The van der Waals surface area contributed by atoms with E-state index in [-0.39, 0.29) is 11.5 Å². The van der Waals surface area contributed by atoms with Gasteiger partial charge in [-0.15, -0.1) is 0 Å². The molecule has 160 valence electrons. The Morgan fingerprint density at radius 2 is 1.93 bits per heavy atom. The molecule has 4 rings (SSSR count). The van der Waals surface area contributed by atoms with Crippen molar-refractivity contribution in [2.45, 2.75) is 44.8 Å². The summed E-state index contributed by atoms with van der Waals surface area (Å²) < 4.78 is 40.1. The fourth-order valence-corrected chi connectivity index (χ4v) is 4.21. The minimum atomic E-state index is -4.49. The Kier molecular flexibility index (Phi) is 5.83. The van der Waals surface area contributed by atoms with Crippen molar-refractivity contribution in [3.8, 4) is 0 Å². The number of pyridine rings is 1. The monoisotopic (exact) mass is 418 g/mol. The Hall–Kier alpha value is -2.77. The number of nitrogens with zero attached hydrogens (tertiary/aromatic N) is 3. The van der Waals surface area contributed by atoms with Crippen LogP contribution in [0.25, 0.3) is 10.9 Å². The minimum absolute atomic E-state index is 0.212. The molecule has 3 aromatic heterocycles. The lowest BCUT2D eigenvalue weighted by Crippen LogP contribution is -2.38. The second kappa shape index (κ2) is 8.53. The van der Waals surface area contributed by atoms with Gasteiger partial charge in [-0.1, -0.05) is 12.8 Å². The number of hydrogen-bond donors (Lipinski definition) is 1. The van der Waals surface area contributed by atoms with Crippen LogP contribution in [-0.4, -0.2) is 38.4 Å². The third-order valence-electron chi connectivity index (χ3n) is 5.96. The van der Waals surface area contributed by atoms with Crippen LogP contribution in [0.4, 0.5) is 13.2 Å². The smallest absolute Gasteiger partial charge is 0.365 e. The van der Waals surface area contributed by atoms with Gasteiger partial charge in [0.05, 0.1) is 11.1 Å². The predicted octanol–water partition coefficient (Wildman–Crippen LogP) is 5.11. The number of carbonyl (C=O) groups excluding carboxylic acids is 1. The molecule has 0 atom stereocenters. The number of aromatic nitrogens is 3. The maximum absolute atomic E-state index is 12.6. The second-order valence-electron chi connectivity index (χ2n) is 7.97. The van der Waals surface area contributed by atoms with Crippen LogP contribution in [0.15, 0.2) is 43.0 Å². The molecule has 0 radical (unpaired) electrons. The average molecular weight is 418 g/mol. The highest BCUT2D eigenvalue weighted by atomic mass is 19.4. The first-order valence-corrected chi connectivity index (χ1v) is 10.4. The standard InChI is InChI=1S/C22H25F3N4O/c23-22(24,25)20-5-4-18(14-27-20)21(30)29-10-6-16(7-11-29)3-1-2-9-28-12-8-17-13-26-15-19(17)28/h4-5,8,12-16,26H,1-3,6-7,9-11H2. The molecule has 1 N–H and O–H groups in total. The molecular weight excluding hydrogens is 393 g/mol. The molecule has 0 aromatic carbocycles. The number of hydrogen-bond acceptors (Lipinski definition) is 2. The SMILES string of the molecule is O=C(c1ccc(C(F)(F)F)nc1)N1CCC(CCCCn2ccc3c[nH]cc32)CC1. The summed E-state index contributed by atoms with van der Waals surface area (Å²) in [7, 11) is 0. The van der Waals surface area contributed by atoms with Crippen molar-refractivity contribution >= 4 is 16.8 Å². The number of aryl methyl sites for hydroxylation is 1. The number of unbranched alkanes of at least 4 members (excludes halogenated alkanes) is 1. The number of likely N-dealkylation sites (tertiary alicyclic amines) is 1. The number of piperidine rings is 1. The van der Waals surface area contributed by atoms with E-state index in [4.69, 9.17) is 0 Å². The van der Waals surface area contributed by atoms with E-state index in [9.17, 15) is 18.0 Å². The van der Waals surface area contributed by atoms with Crippen LogP contribution in [0.2, 0.25) is 0 Å². The molecule has 1 aliphatic rings. The Labute approximate surface area is 172 Å². The van der Waals surface area contributed by atoms with Crippen LogP contribution >= 0.6 is 0 Å². The maximum atomic E-state index is 12.6. The molecule has 0 saturated carbocycles. The third-order valence-corrected chi connectivity index (χ3v) is 5.96. The molecule has 4 heterocycles. The normalized spacial score (nSPS) is 15.8. The summed E-state index contributed by atoms with van der Waals surface area (Å²) in [6.45, 7) is 2.29.